The van der Waals surface area contributed by atoms with Gasteiger partial charge >= 0.3 is 0 Å². The number of sulfonamides is 1. The normalized spacial score (nSPS) is 10.8. The van der Waals surface area contributed by atoms with Gasteiger partial charge in [0.25, 0.3) is 21.8 Å². The summed E-state index contributed by atoms with van der Waals surface area (Å²) in [6.45, 7) is 2.35. The lowest BCUT2D eigenvalue weighted by Crippen LogP contribution is -2.41. The molecule has 32 heavy (non-hydrogen) atoms. The fourth-order valence-electron chi connectivity index (χ4n) is 2.66. The third-order valence-corrected chi connectivity index (χ3v) is 5.85. The molecule has 0 atom stereocenters. The second-order valence-corrected chi connectivity index (χ2v) is 8.62. The first-order valence-corrected chi connectivity index (χ1v) is 11.4. The number of anilines is 1. The van der Waals surface area contributed by atoms with E-state index < -0.39 is 21.8 Å². The van der Waals surface area contributed by atoms with E-state index >= 15 is 0 Å². The topological polar surface area (TPSA) is 114 Å². The molecule has 0 heterocycles. The molecule has 0 spiro atoms. The number of hydrazine groups is 1. The summed E-state index contributed by atoms with van der Waals surface area (Å²) in [5.74, 6) is -0.601. The Kier molecular flexibility index (Phi) is 7.34. The Balaban J connectivity index is 1.67. The smallest absolute Gasteiger partial charge is 0.269 e. The van der Waals surface area contributed by atoms with Gasteiger partial charge in [-0.2, -0.15) is 0 Å². The average molecular weight is 474 g/mol. The third kappa shape index (κ3) is 5.99. The summed E-state index contributed by atoms with van der Waals surface area (Å²) in [5.41, 5.74) is 5.22. The van der Waals surface area contributed by atoms with Crippen molar-refractivity contribution < 1.29 is 22.7 Å². The summed E-state index contributed by atoms with van der Waals surface area (Å²) in [6.07, 6.45) is 0. The minimum absolute atomic E-state index is 0.0518. The number of benzene rings is 3. The molecule has 0 bridgehead atoms. The molecule has 0 aliphatic heterocycles. The van der Waals surface area contributed by atoms with Gasteiger partial charge in [0.05, 0.1) is 11.5 Å². The van der Waals surface area contributed by atoms with Crippen molar-refractivity contribution in [2.24, 2.45) is 0 Å². The molecule has 0 fully saturated rings. The van der Waals surface area contributed by atoms with Crippen molar-refractivity contribution >= 4 is 39.1 Å². The van der Waals surface area contributed by atoms with E-state index in [0.717, 1.165) is 0 Å². The molecule has 0 aromatic heterocycles. The van der Waals surface area contributed by atoms with Gasteiger partial charge in [-0.1, -0.05) is 17.7 Å². The summed E-state index contributed by atoms with van der Waals surface area (Å²) in [6, 6.07) is 18.0. The number of carbonyl (C=O) groups excluding carboxylic acids is 2. The summed E-state index contributed by atoms with van der Waals surface area (Å²) < 4.78 is 33.2. The highest BCUT2D eigenvalue weighted by Crippen LogP contribution is 2.20. The highest BCUT2D eigenvalue weighted by molar-refractivity contribution is 7.92. The van der Waals surface area contributed by atoms with Crippen LogP contribution in [0, 0.1) is 0 Å². The zero-order valence-corrected chi connectivity index (χ0v) is 18.5. The van der Waals surface area contributed by atoms with Crippen LogP contribution in [-0.4, -0.2) is 26.8 Å². The number of ether oxygens (including phenoxy) is 1. The molecule has 166 valence electrons. The SMILES string of the molecule is CCOc1ccc(NS(=O)(=O)c2cccc(C(=O)NNC(=O)c3ccc(Cl)cc3)c2)cc1. The van der Waals surface area contributed by atoms with E-state index in [-0.39, 0.29) is 10.5 Å². The number of carbonyl (C=O) groups is 2. The summed E-state index contributed by atoms with van der Waals surface area (Å²) in [7, 11) is -3.94. The monoisotopic (exact) mass is 473 g/mol. The number of halogens is 1. The van der Waals surface area contributed by atoms with Gasteiger partial charge in [-0.25, -0.2) is 8.42 Å². The second-order valence-electron chi connectivity index (χ2n) is 6.51. The largest absolute Gasteiger partial charge is 0.494 e. The standard InChI is InChI=1S/C22H20ClN3O5S/c1-2-31-19-12-10-18(11-13-19)26-32(29,30)20-5-3-4-16(14-20)22(28)25-24-21(27)15-6-8-17(23)9-7-15/h3-14,26H,2H2,1H3,(H,24,27)(H,25,28). The van der Waals surface area contributed by atoms with Crippen molar-refractivity contribution in [3.63, 3.8) is 0 Å². The number of amides is 2. The molecule has 10 heteroatoms. The Morgan fingerprint density at radius 2 is 1.50 bits per heavy atom. The van der Waals surface area contributed by atoms with Crippen LogP contribution < -0.4 is 20.3 Å². The predicted molar refractivity (Wildman–Crippen MR) is 121 cm³/mol. The highest BCUT2D eigenvalue weighted by atomic mass is 35.5. The first-order valence-electron chi connectivity index (χ1n) is 9.50. The van der Waals surface area contributed by atoms with Crippen LogP contribution in [-0.2, 0) is 10.0 Å². The number of hydrogen-bond acceptors (Lipinski definition) is 5. The molecule has 0 radical (unpaired) electrons. The lowest BCUT2D eigenvalue weighted by atomic mass is 10.2. The van der Waals surface area contributed by atoms with Crippen molar-refractivity contribution in [2.45, 2.75) is 11.8 Å². The lowest BCUT2D eigenvalue weighted by molar-refractivity contribution is 0.0846. The number of nitrogens with one attached hydrogen (secondary N) is 3. The first kappa shape index (κ1) is 23.1. The average Bonchev–Trinajstić information content (AvgIpc) is 2.79. The van der Waals surface area contributed by atoms with Gasteiger partial charge in [0.15, 0.2) is 0 Å². The van der Waals surface area contributed by atoms with Crippen molar-refractivity contribution in [3.05, 3.63) is 88.9 Å². The second kappa shape index (κ2) is 10.2. The van der Waals surface area contributed by atoms with E-state index in [2.05, 4.69) is 15.6 Å². The molecule has 0 aliphatic carbocycles. The molecule has 0 aliphatic rings. The summed E-state index contributed by atoms with van der Waals surface area (Å²) in [4.78, 5) is 24.4. The van der Waals surface area contributed by atoms with E-state index in [1.807, 2.05) is 6.92 Å². The fraction of sp³-hybridized carbons (Fsp3) is 0.0909. The first-order chi connectivity index (χ1) is 15.3. The Labute approximate surface area is 190 Å². The molecule has 0 unspecified atom stereocenters. The molecule has 3 rings (SSSR count). The quantitative estimate of drug-likeness (QED) is 0.453. The lowest BCUT2D eigenvalue weighted by Gasteiger charge is -2.11. The third-order valence-electron chi connectivity index (χ3n) is 4.22. The van der Waals surface area contributed by atoms with Crippen LogP contribution in [0.2, 0.25) is 5.02 Å². The highest BCUT2D eigenvalue weighted by Gasteiger charge is 2.17. The van der Waals surface area contributed by atoms with Crippen LogP contribution in [0.5, 0.6) is 5.75 Å². The Bertz CT molecular complexity index is 1210. The molecule has 3 aromatic carbocycles. The van der Waals surface area contributed by atoms with Gasteiger partial charge in [0.1, 0.15) is 5.75 Å². The summed E-state index contributed by atoms with van der Waals surface area (Å²) >= 11 is 5.78. The van der Waals surface area contributed by atoms with Crippen molar-refractivity contribution in [1.29, 1.82) is 0 Å². The van der Waals surface area contributed by atoms with Crippen molar-refractivity contribution in [2.75, 3.05) is 11.3 Å². The molecule has 2 amide bonds. The van der Waals surface area contributed by atoms with Crippen LogP contribution in [0.15, 0.2) is 77.7 Å². The maximum absolute atomic E-state index is 12.7. The molecular formula is C22H20ClN3O5S. The van der Waals surface area contributed by atoms with E-state index in [1.165, 1.54) is 36.4 Å². The van der Waals surface area contributed by atoms with Crippen LogP contribution in [0.25, 0.3) is 0 Å². The Morgan fingerprint density at radius 3 is 2.12 bits per heavy atom. The van der Waals surface area contributed by atoms with Gasteiger partial charge < -0.3 is 4.74 Å². The van der Waals surface area contributed by atoms with Gasteiger partial charge in [0, 0.05) is 21.8 Å². The van der Waals surface area contributed by atoms with Crippen LogP contribution in [0.4, 0.5) is 5.69 Å². The molecular weight excluding hydrogens is 454 g/mol. The maximum atomic E-state index is 12.7. The Hall–Kier alpha value is -3.56. The molecule has 0 saturated carbocycles. The molecule has 0 saturated heterocycles. The maximum Gasteiger partial charge on any atom is 0.269 e. The van der Waals surface area contributed by atoms with Crippen molar-refractivity contribution in [3.8, 4) is 5.75 Å². The minimum Gasteiger partial charge on any atom is -0.494 e. The Morgan fingerprint density at radius 1 is 0.875 bits per heavy atom. The molecule has 8 nitrogen and oxygen atoms in total. The van der Waals surface area contributed by atoms with Gasteiger partial charge in [-0.15, -0.1) is 0 Å². The predicted octanol–water partition coefficient (Wildman–Crippen LogP) is 3.61. The number of hydrogen-bond donors (Lipinski definition) is 3. The van der Waals surface area contributed by atoms with E-state index in [0.29, 0.717) is 28.6 Å². The van der Waals surface area contributed by atoms with Crippen LogP contribution in [0.3, 0.4) is 0 Å². The van der Waals surface area contributed by atoms with Gasteiger partial charge in [-0.3, -0.25) is 25.2 Å². The van der Waals surface area contributed by atoms with Crippen LogP contribution >= 0.6 is 11.6 Å². The van der Waals surface area contributed by atoms with E-state index in [4.69, 9.17) is 16.3 Å². The fourth-order valence-corrected chi connectivity index (χ4v) is 3.89. The zero-order chi connectivity index (χ0) is 23.1. The zero-order valence-electron chi connectivity index (χ0n) is 17.0. The van der Waals surface area contributed by atoms with Crippen molar-refractivity contribution in [1.82, 2.24) is 10.9 Å². The summed E-state index contributed by atoms with van der Waals surface area (Å²) in [5, 5.41) is 0.474. The molecule has 3 N–H and O–H groups in total. The van der Waals surface area contributed by atoms with Gasteiger partial charge in [0.2, 0.25) is 0 Å². The number of rotatable bonds is 7. The molecule has 3 aromatic rings. The van der Waals surface area contributed by atoms with Gasteiger partial charge in [-0.05, 0) is 73.7 Å². The van der Waals surface area contributed by atoms with E-state index in [1.54, 1.807) is 36.4 Å². The van der Waals surface area contributed by atoms with Crippen LogP contribution in [0.1, 0.15) is 27.6 Å². The van der Waals surface area contributed by atoms with E-state index in [9.17, 15) is 18.0 Å². The minimum atomic E-state index is -3.94.